The van der Waals surface area contributed by atoms with E-state index >= 15 is 0 Å². The highest BCUT2D eigenvalue weighted by atomic mass is 35.5. The molecule has 5 rings (SSSR count). The second-order valence-electron chi connectivity index (χ2n) is 10.9. The molecule has 1 atom stereocenters. The van der Waals surface area contributed by atoms with Crippen molar-refractivity contribution in [3.8, 4) is 5.82 Å². The van der Waals surface area contributed by atoms with Gasteiger partial charge in [0.25, 0.3) is 0 Å². The van der Waals surface area contributed by atoms with Crippen molar-refractivity contribution in [3.05, 3.63) is 59.4 Å². The van der Waals surface area contributed by atoms with Crippen LogP contribution in [0.5, 0.6) is 0 Å². The molecule has 0 unspecified atom stereocenters. The van der Waals surface area contributed by atoms with Crippen molar-refractivity contribution < 1.29 is 13.9 Å². The number of hydrogen-bond donors (Lipinski definition) is 2. The van der Waals surface area contributed by atoms with Crippen LogP contribution in [0.15, 0.2) is 36.5 Å². The first-order chi connectivity index (χ1) is 18.6. The molecular formula is C28H37ClF2N8O. The molecule has 12 heteroatoms. The number of nitrogens with zero attached hydrogens (tertiary/aromatic N) is 7. The molecule has 2 saturated heterocycles. The van der Waals surface area contributed by atoms with Crippen molar-refractivity contribution in [1.29, 1.82) is 0 Å². The molecule has 0 aliphatic carbocycles. The van der Waals surface area contributed by atoms with Gasteiger partial charge in [-0.15, -0.1) is 12.4 Å². The number of hydrogen-bond acceptors (Lipinski definition) is 8. The molecule has 40 heavy (non-hydrogen) atoms. The van der Waals surface area contributed by atoms with E-state index in [9.17, 15) is 13.9 Å². The van der Waals surface area contributed by atoms with Gasteiger partial charge >= 0.3 is 0 Å². The summed E-state index contributed by atoms with van der Waals surface area (Å²) in [4.78, 5) is 15.3. The van der Waals surface area contributed by atoms with Gasteiger partial charge in [-0.2, -0.15) is 15.1 Å². The molecule has 0 bridgehead atoms. The van der Waals surface area contributed by atoms with Crippen LogP contribution in [-0.4, -0.2) is 81.2 Å². The van der Waals surface area contributed by atoms with Crippen LogP contribution in [0.25, 0.3) is 11.9 Å². The molecule has 3 N–H and O–H groups in total. The summed E-state index contributed by atoms with van der Waals surface area (Å²) >= 11 is 0. The van der Waals surface area contributed by atoms with Gasteiger partial charge in [-0.3, -0.25) is 4.90 Å². The van der Waals surface area contributed by atoms with Crippen molar-refractivity contribution in [2.24, 2.45) is 5.92 Å². The maximum atomic E-state index is 13.6. The number of aromatic nitrogens is 4. The van der Waals surface area contributed by atoms with Crippen LogP contribution < -0.4 is 15.5 Å². The molecule has 4 heterocycles. The highest BCUT2D eigenvalue weighted by molar-refractivity contribution is 5.85. The van der Waals surface area contributed by atoms with E-state index in [1.807, 2.05) is 37.8 Å². The Morgan fingerprint density at radius 3 is 2.33 bits per heavy atom. The smallest absolute Gasteiger partial charge is 0.224 e. The van der Waals surface area contributed by atoms with Crippen molar-refractivity contribution >= 4 is 35.9 Å². The Kier molecular flexibility index (Phi) is 8.96. The third-order valence-electron chi connectivity index (χ3n) is 7.74. The number of nitrogen functional groups attached to an aromatic ring is 1. The molecule has 216 valence electrons. The fourth-order valence-electron chi connectivity index (χ4n) is 5.31. The predicted molar refractivity (Wildman–Crippen MR) is 156 cm³/mol. The molecule has 2 aliphatic rings. The highest BCUT2D eigenvalue weighted by Crippen LogP contribution is 2.31. The summed E-state index contributed by atoms with van der Waals surface area (Å²) in [7, 11) is 0. The molecule has 0 radical (unpaired) electrons. The van der Waals surface area contributed by atoms with Crippen LogP contribution in [0.4, 0.5) is 26.2 Å². The zero-order chi connectivity index (χ0) is 27.7. The van der Waals surface area contributed by atoms with Gasteiger partial charge in [-0.1, -0.05) is 12.2 Å². The Balaban J connectivity index is 0.00000370. The summed E-state index contributed by atoms with van der Waals surface area (Å²) in [6.07, 6.45) is 6.84. The minimum atomic E-state index is -0.746. The lowest BCUT2D eigenvalue weighted by atomic mass is 9.90. The first-order valence-electron chi connectivity index (χ1n) is 13.3. The lowest BCUT2D eigenvalue weighted by molar-refractivity contribution is 0.0263. The third kappa shape index (κ3) is 6.71. The van der Waals surface area contributed by atoms with Gasteiger partial charge in [0.05, 0.1) is 17.5 Å². The van der Waals surface area contributed by atoms with Crippen molar-refractivity contribution in [3.63, 3.8) is 0 Å². The maximum absolute atomic E-state index is 13.6. The van der Waals surface area contributed by atoms with Crippen LogP contribution in [0.2, 0.25) is 0 Å². The van der Waals surface area contributed by atoms with Crippen LogP contribution in [0.1, 0.15) is 31.5 Å². The van der Waals surface area contributed by atoms with E-state index in [0.717, 1.165) is 55.7 Å². The summed E-state index contributed by atoms with van der Waals surface area (Å²) in [6.45, 7) is 11.0. The molecule has 1 aromatic carbocycles. The van der Waals surface area contributed by atoms with Crippen molar-refractivity contribution in [2.45, 2.75) is 32.8 Å². The minimum Gasteiger partial charge on any atom is -0.390 e. The first kappa shape index (κ1) is 29.7. The van der Waals surface area contributed by atoms with Crippen molar-refractivity contribution in [2.75, 3.05) is 61.3 Å². The molecule has 2 fully saturated rings. The quantitative estimate of drug-likeness (QED) is 0.441. The molecule has 0 saturated carbocycles. The largest absolute Gasteiger partial charge is 0.390 e. The number of anilines is 3. The van der Waals surface area contributed by atoms with E-state index in [4.69, 9.17) is 5.73 Å². The monoisotopic (exact) mass is 574 g/mol. The van der Waals surface area contributed by atoms with Gasteiger partial charge in [0, 0.05) is 75.1 Å². The minimum absolute atomic E-state index is 0. The normalized spacial score (nSPS) is 18.5. The summed E-state index contributed by atoms with van der Waals surface area (Å²) in [6, 6.07) is 5.55. The molecular weight excluding hydrogens is 538 g/mol. The maximum Gasteiger partial charge on any atom is 0.224 e. The molecule has 2 aliphatic heterocycles. The van der Waals surface area contributed by atoms with Gasteiger partial charge in [-0.05, 0) is 39.3 Å². The zero-order valence-electron chi connectivity index (χ0n) is 23.1. The van der Waals surface area contributed by atoms with E-state index in [0.29, 0.717) is 31.1 Å². The summed E-state index contributed by atoms with van der Waals surface area (Å²) in [5.74, 6) is 0.571. The molecule has 3 aromatic rings. The van der Waals surface area contributed by atoms with Crippen LogP contribution in [0.3, 0.4) is 0 Å². The third-order valence-corrected chi connectivity index (χ3v) is 7.74. The Morgan fingerprint density at radius 1 is 1.00 bits per heavy atom. The SMILES string of the molecule is Cc1c(/C=C/CN2CCN(c3cc(F)cc(F)c3)CC2)cnn1-c1cc(N2CC[C@@H](C(C)(C)O)C2)nc(N)n1.Cl. The Hall–Kier alpha value is -3.28. The van der Waals surface area contributed by atoms with E-state index < -0.39 is 17.2 Å². The average molecular weight is 575 g/mol. The number of rotatable bonds is 7. The highest BCUT2D eigenvalue weighted by Gasteiger charge is 2.34. The predicted octanol–water partition coefficient (Wildman–Crippen LogP) is 3.69. The van der Waals surface area contributed by atoms with Gasteiger partial charge in [0.2, 0.25) is 5.95 Å². The van der Waals surface area contributed by atoms with Crippen molar-refractivity contribution in [1.82, 2.24) is 24.6 Å². The van der Waals surface area contributed by atoms with Gasteiger partial charge in [0.15, 0.2) is 5.82 Å². The molecule has 0 spiro atoms. The Labute approximate surface area is 239 Å². The topological polar surface area (TPSA) is 99.6 Å². The second kappa shape index (κ2) is 12.1. The second-order valence-corrected chi connectivity index (χ2v) is 10.9. The molecule has 9 nitrogen and oxygen atoms in total. The zero-order valence-corrected chi connectivity index (χ0v) is 23.9. The van der Waals surface area contributed by atoms with Crippen LogP contribution in [0, 0.1) is 24.5 Å². The fourth-order valence-corrected chi connectivity index (χ4v) is 5.31. The van der Waals surface area contributed by atoms with E-state index in [1.54, 1.807) is 10.9 Å². The van der Waals surface area contributed by atoms with Crippen LogP contribution in [-0.2, 0) is 0 Å². The number of aliphatic hydroxyl groups is 1. The fraction of sp³-hybridized carbons (Fsp3) is 0.464. The standard InChI is InChI=1S/C28H36F2N8O.ClH/c1-19-20(5-4-7-35-9-11-36(12-10-35)24-14-22(29)13-23(30)15-24)17-32-38(19)26-16-25(33-27(31)34-26)37-8-6-21(18-37)28(2,3)39;/h4-5,13-17,21,39H,6-12,18H2,1-3H3,(H2,31,33,34);1H/b5-4+;/t21-;/m1./s1. The van der Waals surface area contributed by atoms with E-state index in [-0.39, 0.29) is 24.3 Å². The van der Waals surface area contributed by atoms with E-state index in [1.165, 1.54) is 12.1 Å². The van der Waals surface area contributed by atoms with E-state index in [2.05, 4.69) is 30.9 Å². The van der Waals surface area contributed by atoms with Gasteiger partial charge < -0.3 is 20.6 Å². The van der Waals surface area contributed by atoms with Crippen LogP contribution >= 0.6 is 12.4 Å². The summed E-state index contributed by atoms with van der Waals surface area (Å²) in [5.41, 5.74) is 7.82. The Morgan fingerprint density at radius 2 is 1.68 bits per heavy atom. The molecule has 2 aromatic heterocycles. The number of piperazine rings is 1. The first-order valence-corrected chi connectivity index (χ1v) is 13.3. The number of benzene rings is 1. The van der Waals surface area contributed by atoms with Gasteiger partial charge in [0.1, 0.15) is 17.5 Å². The summed E-state index contributed by atoms with van der Waals surface area (Å²) < 4.78 is 28.9. The van der Waals surface area contributed by atoms with Gasteiger partial charge in [-0.25, -0.2) is 13.5 Å². The average Bonchev–Trinajstić information content (AvgIpc) is 3.51. The molecule has 0 amide bonds. The number of halogens is 3. The lowest BCUT2D eigenvalue weighted by Gasteiger charge is -2.35. The lowest BCUT2D eigenvalue weighted by Crippen LogP contribution is -2.46. The Bertz CT molecular complexity index is 1330. The summed E-state index contributed by atoms with van der Waals surface area (Å²) in [5, 5.41) is 15.0. The number of nitrogens with two attached hydrogens (primary N) is 1.